The monoisotopic (exact) mass is 308 g/mol. The number of hydrogen-bond acceptors (Lipinski definition) is 2. The molecule has 0 saturated heterocycles. The van der Waals surface area contributed by atoms with Gasteiger partial charge < -0.3 is 4.74 Å². The second kappa shape index (κ2) is 5.31. The molecule has 0 atom stereocenters. The maximum Gasteiger partial charge on any atom is 0.150 e. The van der Waals surface area contributed by atoms with Gasteiger partial charge in [-0.05, 0) is 46.6 Å². The number of rotatable bonds is 3. The van der Waals surface area contributed by atoms with Gasteiger partial charge in [0.25, 0.3) is 0 Å². The zero-order valence-electron chi connectivity index (χ0n) is 9.61. The van der Waals surface area contributed by atoms with E-state index in [-0.39, 0.29) is 0 Å². The first-order chi connectivity index (χ1) is 8.60. The van der Waals surface area contributed by atoms with Crippen molar-refractivity contribution in [3.8, 4) is 11.5 Å². The van der Waals surface area contributed by atoms with Crippen molar-refractivity contribution < 1.29 is 13.9 Å². The molecule has 2 rings (SSSR count). The fraction of sp³-hybridized carbons (Fsp3) is 0.0714. The molecule has 0 spiro atoms. The number of aldehydes is 1. The molecule has 0 aliphatic rings. The summed E-state index contributed by atoms with van der Waals surface area (Å²) < 4.78 is 19.3. The molecule has 0 aliphatic carbocycles. The van der Waals surface area contributed by atoms with Crippen LogP contribution < -0.4 is 4.74 Å². The highest BCUT2D eigenvalue weighted by Gasteiger charge is 2.05. The molecule has 0 unspecified atom stereocenters. The third kappa shape index (κ3) is 2.76. The Morgan fingerprint density at radius 1 is 1.22 bits per heavy atom. The van der Waals surface area contributed by atoms with Gasteiger partial charge >= 0.3 is 0 Å². The molecule has 0 aromatic heterocycles. The zero-order valence-corrected chi connectivity index (χ0v) is 11.2. The first-order valence-corrected chi connectivity index (χ1v) is 6.08. The topological polar surface area (TPSA) is 26.3 Å². The largest absolute Gasteiger partial charge is 0.457 e. The van der Waals surface area contributed by atoms with Gasteiger partial charge in [0.05, 0.1) is 4.47 Å². The highest BCUT2D eigenvalue weighted by molar-refractivity contribution is 9.10. The van der Waals surface area contributed by atoms with Gasteiger partial charge in [-0.25, -0.2) is 4.39 Å². The highest BCUT2D eigenvalue weighted by Crippen LogP contribution is 2.28. The summed E-state index contributed by atoms with van der Waals surface area (Å²) in [5.74, 6) is 0.542. The minimum Gasteiger partial charge on any atom is -0.457 e. The number of hydrogen-bond donors (Lipinski definition) is 0. The van der Waals surface area contributed by atoms with Crippen molar-refractivity contribution in [3.05, 3.63) is 57.8 Å². The Morgan fingerprint density at radius 3 is 2.67 bits per heavy atom. The molecule has 0 amide bonds. The molecule has 2 aromatic carbocycles. The maximum absolute atomic E-state index is 13.3. The Morgan fingerprint density at radius 2 is 2.00 bits per heavy atom. The molecular formula is C14H10BrFO2. The molecule has 0 bridgehead atoms. The van der Waals surface area contributed by atoms with Gasteiger partial charge in [0.1, 0.15) is 23.6 Å². The fourth-order valence-electron chi connectivity index (χ4n) is 1.47. The Bertz CT molecular complexity index is 596. The normalized spacial score (nSPS) is 10.2. The molecule has 0 saturated carbocycles. The van der Waals surface area contributed by atoms with Crippen molar-refractivity contribution in [1.82, 2.24) is 0 Å². The van der Waals surface area contributed by atoms with Gasteiger partial charge in [-0.2, -0.15) is 0 Å². The summed E-state index contributed by atoms with van der Waals surface area (Å²) in [6.07, 6.45) is 0.745. The minimum absolute atomic E-state index is 0.383. The molecular weight excluding hydrogens is 299 g/mol. The van der Waals surface area contributed by atoms with Crippen molar-refractivity contribution in [2.75, 3.05) is 0 Å². The van der Waals surface area contributed by atoms with Gasteiger partial charge in [-0.1, -0.05) is 12.1 Å². The highest BCUT2D eigenvalue weighted by atomic mass is 79.9. The lowest BCUT2D eigenvalue weighted by molar-refractivity contribution is 0.112. The van der Waals surface area contributed by atoms with Crippen LogP contribution in [-0.4, -0.2) is 6.29 Å². The fourth-order valence-corrected chi connectivity index (χ4v) is 1.71. The summed E-state index contributed by atoms with van der Waals surface area (Å²) in [5.41, 5.74) is 1.40. The number of carbonyl (C=O) groups excluding carboxylic acids is 1. The average molecular weight is 309 g/mol. The molecule has 0 fully saturated rings. The lowest BCUT2D eigenvalue weighted by atomic mass is 10.1. The number of ether oxygens (including phenoxy) is 1. The van der Waals surface area contributed by atoms with E-state index >= 15 is 0 Å². The third-order valence-electron chi connectivity index (χ3n) is 2.47. The van der Waals surface area contributed by atoms with Crippen molar-refractivity contribution in [2.45, 2.75) is 6.92 Å². The van der Waals surface area contributed by atoms with Crippen LogP contribution in [0.1, 0.15) is 15.9 Å². The molecule has 4 heteroatoms. The van der Waals surface area contributed by atoms with Crippen molar-refractivity contribution >= 4 is 22.2 Å². The Balaban J connectivity index is 2.33. The molecule has 2 aromatic rings. The summed E-state index contributed by atoms with van der Waals surface area (Å²) in [5, 5.41) is 0. The summed E-state index contributed by atoms with van der Waals surface area (Å²) in [6, 6.07) is 9.63. The van der Waals surface area contributed by atoms with E-state index in [9.17, 15) is 9.18 Å². The first kappa shape index (κ1) is 12.8. The smallest absolute Gasteiger partial charge is 0.150 e. The molecule has 0 aliphatic heterocycles. The number of carbonyl (C=O) groups is 1. The van der Waals surface area contributed by atoms with Crippen LogP contribution in [-0.2, 0) is 0 Å². The zero-order chi connectivity index (χ0) is 13.1. The number of aryl methyl sites for hydroxylation is 1. The van der Waals surface area contributed by atoms with Crippen molar-refractivity contribution in [2.24, 2.45) is 0 Å². The number of halogens is 2. The third-order valence-corrected chi connectivity index (χ3v) is 3.11. The Kier molecular flexibility index (Phi) is 3.77. The van der Waals surface area contributed by atoms with Crippen LogP contribution in [0.15, 0.2) is 40.9 Å². The van der Waals surface area contributed by atoms with E-state index in [1.807, 2.05) is 6.92 Å². The molecule has 0 heterocycles. The van der Waals surface area contributed by atoms with Gasteiger partial charge in [-0.15, -0.1) is 0 Å². The summed E-state index contributed by atoms with van der Waals surface area (Å²) in [7, 11) is 0. The van der Waals surface area contributed by atoms with Crippen LogP contribution in [0, 0.1) is 12.7 Å². The van der Waals surface area contributed by atoms with Crippen LogP contribution >= 0.6 is 15.9 Å². The van der Waals surface area contributed by atoms with Crippen LogP contribution in [0.5, 0.6) is 11.5 Å². The Hall–Kier alpha value is -1.68. The van der Waals surface area contributed by atoms with Gasteiger partial charge in [0.15, 0.2) is 0 Å². The van der Waals surface area contributed by atoms with Crippen molar-refractivity contribution in [1.29, 1.82) is 0 Å². The van der Waals surface area contributed by atoms with Gasteiger partial charge in [-0.3, -0.25) is 4.79 Å². The molecule has 2 nitrogen and oxygen atoms in total. The van der Waals surface area contributed by atoms with E-state index in [0.29, 0.717) is 21.5 Å². The van der Waals surface area contributed by atoms with Crippen LogP contribution in [0.2, 0.25) is 0 Å². The van der Waals surface area contributed by atoms with Crippen LogP contribution in [0.3, 0.4) is 0 Å². The Labute approximate surface area is 113 Å². The lowest BCUT2D eigenvalue weighted by Crippen LogP contribution is -1.91. The maximum atomic E-state index is 13.3. The SMILES string of the molecule is Cc1ccc(C=O)cc1Oc1ccc(Br)c(F)c1. The summed E-state index contributed by atoms with van der Waals surface area (Å²) in [6.45, 7) is 1.86. The van der Waals surface area contributed by atoms with E-state index < -0.39 is 5.82 Å². The molecule has 92 valence electrons. The van der Waals surface area contributed by atoms with E-state index in [4.69, 9.17) is 4.74 Å². The number of benzene rings is 2. The van der Waals surface area contributed by atoms with Crippen molar-refractivity contribution in [3.63, 3.8) is 0 Å². The second-order valence-electron chi connectivity index (χ2n) is 3.82. The predicted octanol–water partition coefficient (Wildman–Crippen LogP) is 4.50. The molecule has 18 heavy (non-hydrogen) atoms. The average Bonchev–Trinajstić information content (AvgIpc) is 2.36. The van der Waals surface area contributed by atoms with Gasteiger partial charge in [0.2, 0.25) is 0 Å². The van der Waals surface area contributed by atoms with E-state index in [1.165, 1.54) is 6.07 Å². The molecule has 0 radical (unpaired) electrons. The summed E-state index contributed by atoms with van der Waals surface area (Å²) >= 11 is 3.08. The first-order valence-electron chi connectivity index (χ1n) is 5.29. The summed E-state index contributed by atoms with van der Waals surface area (Å²) in [4.78, 5) is 10.7. The van der Waals surface area contributed by atoms with E-state index in [0.717, 1.165) is 11.8 Å². The quantitative estimate of drug-likeness (QED) is 0.780. The predicted molar refractivity (Wildman–Crippen MR) is 70.7 cm³/mol. The van der Waals surface area contributed by atoms with E-state index in [1.54, 1.807) is 30.3 Å². The standard InChI is InChI=1S/C14H10BrFO2/c1-9-2-3-10(8-17)6-14(9)18-11-4-5-12(15)13(16)7-11/h2-8H,1H3. The lowest BCUT2D eigenvalue weighted by Gasteiger charge is -2.09. The van der Waals surface area contributed by atoms with E-state index in [2.05, 4.69) is 15.9 Å². The molecule has 0 N–H and O–H groups in total. The van der Waals surface area contributed by atoms with Gasteiger partial charge in [0, 0.05) is 11.6 Å². The van der Waals surface area contributed by atoms with Crippen LogP contribution in [0.25, 0.3) is 0 Å². The second-order valence-corrected chi connectivity index (χ2v) is 4.68. The van der Waals surface area contributed by atoms with Crippen LogP contribution in [0.4, 0.5) is 4.39 Å². The minimum atomic E-state index is -0.392.